The number of aliphatic carboxylic acids is 1. The molecular weight excluding hydrogens is 298 g/mol. The Morgan fingerprint density at radius 2 is 2.22 bits per heavy atom. The highest BCUT2D eigenvalue weighted by Crippen LogP contribution is 2.22. The van der Waals surface area contributed by atoms with E-state index in [1.165, 1.54) is 6.42 Å². The summed E-state index contributed by atoms with van der Waals surface area (Å²) in [4.78, 5) is 22.5. The van der Waals surface area contributed by atoms with Crippen LogP contribution in [0.15, 0.2) is 18.2 Å². The molecule has 23 heavy (non-hydrogen) atoms. The molecule has 0 aromatic heterocycles. The van der Waals surface area contributed by atoms with Gasteiger partial charge in [-0.1, -0.05) is 0 Å². The van der Waals surface area contributed by atoms with Crippen LogP contribution < -0.4 is 10.1 Å². The maximum absolute atomic E-state index is 12.0. The molecule has 0 saturated carbocycles. The van der Waals surface area contributed by atoms with Crippen LogP contribution in [0, 0.1) is 6.92 Å². The Morgan fingerprint density at radius 3 is 2.87 bits per heavy atom. The number of hydrogen-bond acceptors (Lipinski definition) is 4. The number of carboxylic acid groups (broad SMARTS) is 1. The lowest BCUT2D eigenvalue weighted by atomic mass is 10.0. The molecule has 1 aromatic rings. The van der Waals surface area contributed by atoms with Gasteiger partial charge in [0, 0.05) is 18.7 Å². The van der Waals surface area contributed by atoms with Gasteiger partial charge >= 0.3 is 5.97 Å². The first kappa shape index (κ1) is 17.3. The maximum Gasteiger partial charge on any atom is 0.341 e. The van der Waals surface area contributed by atoms with Gasteiger partial charge in [-0.25, -0.2) is 4.79 Å². The van der Waals surface area contributed by atoms with Gasteiger partial charge in [-0.2, -0.15) is 0 Å². The number of amides is 1. The molecule has 1 amide bonds. The minimum Gasteiger partial charge on any atom is -0.482 e. The van der Waals surface area contributed by atoms with Crippen LogP contribution in [-0.4, -0.2) is 36.3 Å². The van der Waals surface area contributed by atoms with Crippen molar-refractivity contribution in [2.24, 2.45) is 0 Å². The Balaban J connectivity index is 1.81. The molecule has 1 aliphatic rings. The third kappa shape index (κ3) is 5.90. The number of nitrogens with one attached hydrogen (secondary N) is 1. The van der Waals surface area contributed by atoms with Crippen molar-refractivity contribution in [2.75, 3.05) is 18.5 Å². The lowest BCUT2D eigenvalue weighted by Crippen LogP contribution is -2.22. The molecule has 6 nitrogen and oxygen atoms in total. The first-order valence-corrected chi connectivity index (χ1v) is 7.91. The van der Waals surface area contributed by atoms with E-state index in [2.05, 4.69) is 5.32 Å². The smallest absolute Gasteiger partial charge is 0.341 e. The Kier molecular flexibility index (Phi) is 6.40. The van der Waals surface area contributed by atoms with Crippen molar-refractivity contribution in [1.29, 1.82) is 0 Å². The molecule has 0 bridgehead atoms. The molecule has 2 N–H and O–H groups in total. The van der Waals surface area contributed by atoms with Crippen molar-refractivity contribution in [3.8, 4) is 5.75 Å². The van der Waals surface area contributed by atoms with E-state index in [9.17, 15) is 9.59 Å². The summed E-state index contributed by atoms with van der Waals surface area (Å²) in [7, 11) is 0. The SMILES string of the molecule is Cc1cc(OCC(=O)O)ccc1NC(=O)CCC1CCCCO1. The van der Waals surface area contributed by atoms with Gasteiger partial charge in [-0.05, 0) is 56.4 Å². The summed E-state index contributed by atoms with van der Waals surface area (Å²) < 4.78 is 10.7. The zero-order valence-corrected chi connectivity index (χ0v) is 13.3. The van der Waals surface area contributed by atoms with E-state index in [-0.39, 0.29) is 18.6 Å². The first-order valence-electron chi connectivity index (χ1n) is 7.91. The molecule has 6 heteroatoms. The van der Waals surface area contributed by atoms with E-state index in [1.54, 1.807) is 18.2 Å². The Bertz CT molecular complexity index is 552. The number of hydrogen-bond donors (Lipinski definition) is 2. The number of ether oxygens (including phenoxy) is 2. The summed E-state index contributed by atoms with van der Waals surface area (Å²) in [5, 5.41) is 11.5. The van der Waals surface area contributed by atoms with Gasteiger partial charge in [0.25, 0.3) is 0 Å². The Hall–Kier alpha value is -2.08. The summed E-state index contributed by atoms with van der Waals surface area (Å²) in [6.07, 6.45) is 4.68. The van der Waals surface area contributed by atoms with Crippen LogP contribution in [-0.2, 0) is 14.3 Å². The lowest BCUT2D eigenvalue weighted by molar-refractivity contribution is -0.139. The van der Waals surface area contributed by atoms with Crippen LogP contribution in [0.1, 0.15) is 37.7 Å². The van der Waals surface area contributed by atoms with E-state index in [0.29, 0.717) is 17.9 Å². The normalized spacial score (nSPS) is 17.5. The molecule has 0 spiro atoms. The summed E-state index contributed by atoms with van der Waals surface area (Å²) in [6.45, 7) is 2.25. The largest absolute Gasteiger partial charge is 0.482 e. The van der Waals surface area contributed by atoms with Gasteiger partial charge in [-0.3, -0.25) is 4.79 Å². The minimum absolute atomic E-state index is 0.0403. The zero-order chi connectivity index (χ0) is 16.7. The number of aryl methyl sites for hydroxylation is 1. The van der Waals surface area contributed by atoms with Crippen molar-refractivity contribution in [3.63, 3.8) is 0 Å². The topological polar surface area (TPSA) is 84.9 Å². The lowest BCUT2D eigenvalue weighted by Gasteiger charge is -2.22. The fraction of sp³-hybridized carbons (Fsp3) is 0.529. The summed E-state index contributed by atoms with van der Waals surface area (Å²) >= 11 is 0. The van der Waals surface area contributed by atoms with Crippen LogP contribution in [0.3, 0.4) is 0 Å². The molecule has 1 saturated heterocycles. The van der Waals surface area contributed by atoms with E-state index in [0.717, 1.165) is 31.4 Å². The van der Waals surface area contributed by atoms with Crippen LogP contribution in [0.4, 0.5) is 5.69 Å². The highest BCUT2D eigenvalue weighted by molar-refractivity contribution is 5.91. The molecule has 0 radical (unpaired) electrons. The predicted molar refractivity (Wildman–Crippen MR) is 85.8 cm³/mol. The van der Waals surface area contributed by atoms with Gasteiger partial charge in [0.1, 0.15) is 5.75 Å². The second-order valence-corrected chi connectivity index (χ2v) is 5.73. The Labute approximate surface area is 135 Å². The average molecular weight is 321 g/mol. The monoisotopic (exact) mass is 321 g/mol. The zero-order valence-electron chi connectivity index (χ0n) is 13.3. The number of carboxylic acids is 1. The fourth-order valence-electron chi connectivity index (χ4n) is 2.55. The van der Waals surface area contributed by atoms with Gasteiger partial charge in [0.15, 0.2) is 6.61 Å². The summed E-state index contributed by atoms with van der Waals surface area (Å²) in [6, 6.07) is 5.08. The molecule has 126 valence electrons. The highest BCUT2D eigenvalue weighted by atomic mass is 16.5. The minimum atomic E-state index is -1.02. The van der Waals surface area contributed by atoms with E-state index in [4.69, 9.17) is 14.6 Å². The van der Waals surface area contributed by atoms with Crippen LogP contribution >= 0.6 is 0 Å². The third-order valence-electron chi connectivity index (χ3n) is 3.80. The molecule has 2 rings (SSSR count). The molecule has 1 fully saturated rings. The van der Waals surface area contributed by atoms with E-state index >= 15 is 0 Å². The summed E-state index contributed by atoms with van der Waals surface area (Å²) in [5.74, 6) is -0.593. The third-order valence-corrected chi connectivity index (χ3v) is 3.80. The quantitative estimate of drug-likeness (QED) is 0.806. The number of rotatable bonds is 7. The molecule has 1 aromatic carbocycles. The fourth-order valence-corrected chi connectivity index (χ4v) is 2.55. The van der Waals surface area contributed by atoms with Crippen molar-refractivity contribution < 1.29 is 24.2 Å². The highest BCUT2D eigenvalue weighted by Gasteiger charge is 2.15. The second-order valence-electron chi connectivity index (χ2n) is 5.73. The van der Waals surface area contributed by atoms with Crippen molar-refractivity contribution in [3.05, 3.63) is 23.8 Å². The number of carbonyl (C=O) groups excluding carboxylic acids is 1. The molecule has 1 unspecified atom stereocenters. The molecule has 1 aliphatic heterocycles. The van der Waals surface area contributed by atoms with Crippen LogP contribution in [0.5, 0.6) is 5.75 Å². The van der Waals surface area contributed by atoms with Crippen molar-refractivity contribution >= 4 is 17.6 Å². The average Bonchev–Trinajstić information content (AvgIpc) is 2.54. The predicted octanol–water partition coefficient (Wildman–Crippen LogP) is 2.75. The molecule has 1 heterocycles. The molecule has 1 atom stereocenters. The first-order chi connectivity index (χ1) is 11.0. The number of anilines is 1. The van der Waals surface area contributed by atoms with Crippen LogP contribution in [0.25, 0.3) is 0 Å². The summed E-state index contributed by atoms with van der Waals surface area (Å²) in [5.41, 5.74) is 1.54. The van der Waals surface area contributed by atoms with Gasteiger partial charge < -0.3 is 19.9 Å². The van der Waals surface area contributed by atoms with Crippen LogP contribution in [0.2, 0.25) is 0 Å². The number of benzene rings is 1. The van der Waals surface area contributed by atoms with Gasteiger partial charge in [0.2, 0.25) is 5.91 Å². The van der Waals surface area contributed by atoms with E-state index in [1.807, 2.05) is 6.92 Å². The Morgan fingerprint density at radius 1 is 1.39 bits per heavy atom. The maximum atomic E-state index is 12.0. The molecular formula is C17H23NO5. The second kappa shape index (κ2) is 8.53. The van der Waals surface area contributed by atoms with Gasteiger partial charge in [-0.15, -0.1) is 0 Å². The number of carbonyl (C=O) groups is 2. The molecule has 0 aliphatic carbocycles. The van der Waals surface area contributed by atoms with Crippen molar-refractivity contribution in [2.45, 2.75) is 45.1 Å². The van der Waals surface area contributed by atoms with Gasteiger partial charge in [0.05, 0.1) is 6.10 Å². The van der Waals surface area contributed by atoms with E-state index < -0.39 is 5.97 Å². The van der Waals surface area contributed by atoms with Crippen molar-refractivity contribution in [1.82, 2.24) is 0 Å². The standard InChI is InChI=1S/C17H23NO5/c1-12-10-14(23-11-17(20)21)5-7-15(12)18-16(19)8-6-13-4-2-3-9-22-13/h5,7,10,13H,2-4,6,8-9,11H2,1H3,(H,18,19)(H,20,21).